The van der Waals surface area contributed by atoms with Crippen LogP contribution in [0.25, 0.3) is 0 Å². The van der Waals surface area contributed by atoms with E-state index in [9.17, 15) is 9.59 Å². The fourth-order valence-electron chi connectivity index (χ4n) is 2.41. The minimum absolute atomic E-state index is 0.178. The van der Waals surface area contributed by atoms with Crippen molar-refractivity contribution in [1.29, 1.82) is 0 Å². The monoisotopic (exact) mass is 329 g/mol. The Morgan fingerprint density at radius 2 is 1.92 bits per heavy atom. The number of anilines is 1. The number of hydrogen-bond donors (Lipinski definition) is 2. The number of aryl methyl sites for hydroxylation is 1. The standard InChI is InChI=1S/C18H23N3O3/c1-12-10-15(21-24-12)20-17(23)13(2)19-16(22)11-18(3,4)14-8-6-5-7-9-14/h5-10,13H,11H2,1-4H3,(H,19,22)(H,20,21,23)/t13-/m1/s1. The maximum Gasteiger partial charge on any atom is 0.247 e. The Bertz CT molecular complexity index is 707. The van der Waals surface area contributed by atoms with E-state index in [1.165, 1.54) is 0 Å². The predicted molar refractivity (Wildman–Crippen MR) is 91.6 cm³/mol. The molecular formula is C18H23N3O3. The molecule has 0 spiro atoms. The molecule has 0 bridgehead atoms. The van der Waals surface area contributed by atoms with Gasteiger partial charge < -0.3 is 15.2 Å². The van der Waals surface area contributed by atoms with Crippen molar-refractivity contribution in [3.05, 3.63) is 47.7 Å². The van der Waals surface area contributed by atoms with E-state index in [0.717, 1.165) is 5.56 Å². The number of carbonyl (C=O) groups excluding carboxylic acids is 2. The predicted octanol–water partition coefficient (Wildman–Crippen LogP) is 2.79. The first-order valence-electron chi connectivity index (χ1n) is 7.87. The zero-order valence-electron chi connectivity index (χ0n) is 14.4. The molecule has 6 heteroatoms. The largest absolute Gasteiger partial charge is 0.360 e. The van der Waals surface area contributed by atoms with Gasteiger partial charge in [0, 0.05) is 12.5 Å². The Morgan fingerprint density at radius 1 is 1.25 bits per heavy atom. The van der Waals surface area contributed by atoms with Gasteiger partial charge in [-0.1, -0.05) is 49.3 Å². The average molecular weight is 329 g/mol. The molecule has 2 rings (SSSR count). The molecular weight excluding hydrogens is 306 g/mol. The van der Waals surface area contributed by atoms with Crippen LogP contribution in [0.3, 0.4) is 0 Å². The van der Waals surface area contributed by atoms with E-state index in [2.05, 4.69) is 15.8 Å². The fourth-order valence-corrected chi connectivity index (χ4v) is 2.41. The smallest absolute Gasteiger partial charge is 0.247 e. The van der Waals surface area contributed by atoms with Gasteiger partial charge in [0.1, 0.15) is 11.8 Å². The molecule has 0 fully saturated rings. The SMILES string of the molecule is Cc1cc(NC(=O)[C@@H](C)NC(=O)CC(C)(C)c2ccccc2)no1. The molecule has 0 saturated heterocycles. The Morgan fingerprint density at radius 3 is 2.50 bits per heavy atom. The molecule has 2 amide bonds. The third-order valence-corrected chi connectivity index (χ3v) is 3.81. The van der Waals surface area contributed by atoms with Gasteiger partial charge in [0.05, 0.1) is 0 Å². The zero-order valence-corrected chi connectivity index (χ0v) is 14.4. The first-order chi connectivity index (χ1) is 11.3. The van der Waals surface area contributed by atoms with Crippen molar-refractivity contribution in [2.75, 3.05) is 5.32 Å². The van der Waals surface area contributed by atoms with Crippen LogP contribution in [0.1, 0.15) is 38.5 Å². The van der Waals surface area contributed by atoms with E-state index in [1.54, 1.807) is 19.9 Å². The number of rotatable bonds is 6. The molecule has 1 atom stereocenters. The number of aromatic nitrogens is 1. The number of amides is 2. The van der Waals surface area contributed by atoms with Crippen LogP contribution < -0.4 is 10.6 Å². The number of nitrogens with zero attached hydrogens (tertiary/aromatic N) is 1. The molecule has 1 aromatic carbocycles. The lowest BCUT2D eigenvalue weighted by molar-refractivity contribution is -0.126. The normalized spacial score (nSPS) is 12.5. The second-order valence-corrected chi connectivity index (χ2v) is 6.53. The van der Waals surface area contributed by atoms with Gasteiger partial charge in [-0.2, -0.15) is 0 Å². The van der Waals surface area contributed by atoms with E-state index < -0.39 is 6.04 Å². The highest BCUT2D eigenvalue weighted by Crippen LogP contribution is 2.26. The van der Waals surface area contributed by atoms with Crippen LogP contribution >= 0.6 is 0 Å². The van der Waals surface area contributed by atoms with Crippen LogP contribution in [-0.2, 0) is 15.0 Å². The van der Waals surface area contributed by atoms with Crippen LogP contribution in [-0.4, -0.2) is 23.0 Å². The summed E-state index contributed by atoms with van der Waals surface area (Å²) in [4.78, 5) is 24.4. The summed E-state index contributed by atoms with van der Waals surface area (Å²) in [6.45, 7) is 7.38. The summed E-state index contributed by atoms with van der Waals surface area (Å²) in [5, 5.41) is 9.02. The minimum atomic E-state index is -0.666. The molecule has 0 aliphatic heterocycles. The van der Waals surface area contributed by atoms with E-state index in [4.69, 9.17) is 4.52 Å². The van der Waals surface area contributed by atoms with Crippen molar-refractivity contribution in [1.82, 2.24) is 10.5 Å². The molecule has 0 aliphatic carbocycles. The topological polar surface area (TPSA) is 84.2 Å². The second kappa shape index (κ2) is 7.29. The highest BCUT2D eigenvalue weighted by Gasteiger charge is 2.26. The number of nitrogens with one attached hydrogen (secondary N) is 2. The molecule has 0 aliphatic rings. The Hall–Kier alpha value is -2.63. The van der Waals surface area contributed by atoms with Gasteiger partial charge in [0.15, 0.2) is 5.82 Å². The number of hydrogen-bond acceptors (Lipinski definition) is 4. The molecule has 2 aromatic rings. The molecule has 24 heavy (non-hydrogen) atoms. The summed E-state index contributed by atoms with van der Waals surface area (Å²) >= 11 is 0. The summed E-state index contributed by atoms with van der Waals surface area (Å²) in [6, 6.07) is 10.8. The molecule has 128 valence electrons. The van der Waals surface area contributed by atoms with Gasteiger partial charge in [-0.15, -0.1) is 0 Å². The number of benzene rings is 1. The molecule has 2 N–H and O–H groups in total. The number of carbonyl (C=O) groups is 2. The van der Waals surface area contributed by atoms with Crippen molar-refractivity contribution >= 4 is 17.6 Å². The highest BCUT2D eigenvalue weighted by molar-refractivity contribution is 5.96. The minimum Gasteiger partial charge on any atom is -0.360 e. The average Bonchev–Trinajstić information content (AvgIpc) is 2.92. The third kappa shape index (κ3) is 4.68. The van der Waals surface area contributed by atoms with Crippen LogP contribution in [0, 0.1) is 6.92 Å². The van der Waals surface area contributed by atoms with E-state index in [0.29, 0.717) is 11.6 Å². The molecule has 1 aromatic heterocycles. The third-order valence-electron chi connectivity index (χ3n) is 3.81. The molecule has 1 heterocycles. The lowest BCUT2D eigenvalue weighted by Gasteiger charge is -2.25. The fraction of sp³-hybridized carbons (Fsp3) is 0.389. The highest BCUT2D eigenvalue weighted by atomic mass is 16.5. The zero-order chi connectivity index (χ0) is 17.7. The van der Waals surface area contributed by atoms with Crippen molar-refractivity contribution in [3.8, 4) is 0 Å². The van der Waals surface area contributed by atoms with E-state index >= 15 is 0 Å². The first-order valence-corrected chi connectivity index (χ1v) is 7.87. The van der Waals surface area contributed by atoms with Crippen molar-refractivity contribution in [3.63, 3.8) is 0 Å². The lowest BCUT2D eigenvalue weighted by atomic mass is 9.81. The lowest BCUT2D eigenvalue weighted by Crippen LogP contribution is -2.43. The van der Waals surface area contributed by atoms with Gasteiger partial charge in [-0.25, -0.2) is 0 Å². The summed E-state index contributed by atoms with van der Waals surface area (Å²) in [7, 11) is 0. The van der Waals surface area contributed by atoms with Crippen molar-refractivity contribution < 1.29 is 14.1 Å². The maximum absolute atomic E-state index is 12.3. The van der Waals surface area contributed by atoms with Gasteiger partial charge >= 0.3 is 0 Å². The summed E-state index contributed by atoms with van der Waals surface area (Å²) in [6.07, 6.45) is 0.289. The van der Waals surface area contributed by atoms with Gasteiger partial charge in [-0.05, 0) is 24.8 Å². The van der Waals surface area contributed by atoms with Crippen LogP contribution in [0.15, 0.2) is 40.9 Å². The van der Waals surface area contributed by atoms with Gasteiger partial charge in [0.25, 0.3) is 0 Å². The maximum atomic E-state index is 12.3. The molecule has 6 nitrogen and oxygen atoms in total. The second-order valence-electron chi connectivity index (χ2n) is 6.53. The van der Waals surface area contributed by atoms with Crippen LogP contribution in [0.5, 0.6) is 0 Å². The van der Waals surface area contributed by atoms with Gasteiger partial charge in [0.2, 0.25) is 11.8 Å². The summed E-state index contributed by atoms with van der Waals surface area (Å²) in [5.41, 5.74) is 0.764. The molecule has 0 unspecified atom stereocenters. The van der Waals surface area contributed by atoms with Crippen LogP contribution in [0.2, 0.25) is 0 Å². The van der Waals surface area contributed by atoms with Gasteiger partial charge in [-0.3, -0.25) is 9.59 Å². The van der Waals surface area contributed by atoms with Crippen molar-refractivity contribution in [2.24, 2.45) is 0 Å². The first kappa shape index (κ1) is 17.7. The summed E-state index contributed by atoms with van der Waals surface area (Å²) in [5.74, 6) is 0.423. The Balaban J connectivity index is 1.90. The Labute approximate surface area is 141 Å². The molecule has 0 saturated carbocycles. The van der Waals surface area contributed by atoms with Crippen molar-refractivity contribution in [2.45, 2.75) is 45.6 Å². The molecule has 0 radical (unpaired) electrons. The quantitative estimate of drug-likeness (QED) is 0.853. The Kier molecular flexibility index (Phi) is 5.39. The summed E-state index contributed by atoms with van der Waals surface area (Å²) < 4.78 is 4.89. The van der Waals surface area contributed by atoms with E-state index in [1.807, 2.05) is 44.2 Å². The van der Waals surface area contributed by atoms with Crippen LogP contribution in [0.4, 0.5) is 5.82 Å². The van der Waals surface area contributed by atoms with E-state index in [-0.39, 0.29) is 23.7 Å².